The highest BCUT2D eigenvalue weighted by atomic mass is 32.2. The highest BCUT2D eigenvalue weighted by Gasteiger charge is 2.23. The molecule has 7 nitrogen and oxygen atoms in total. The van der Waals surface area contributed by atoms with Crippen LogP contribution >= 0.6 is 11.3 Å². The van der Waals surface area contributed by atoms with Crippen molar-refractivity contribution in [1.29, 1.82) is 0 Å². The van der Waals surface area contributed by atoms with Gasteiger partial charge < -0.3 is 9.88 Å². The van der Waals surface area contributed by atoms with E-state index in [-0.39, 0.29) is 16.8 Å². The number of fused-ring (bicyclic) bond motifs is 1. The maximum atomic E-state index is 13.5. The zero-order valence-corrected chi connectivity index (χ0v) is 21.1. The van der Waals surface area contributed by atoms with E-state index >= 15 is 0 Å². The first-order valence-corrected chi connectivity index (χ1v) is 13.4. The predicted molar refractivity (Wildman–Crippen MR) is 136 cm³/mol. The molecule has 0 spiro atoms. The fourth-order valence-corrected chi connectivity index (χ4v) is 5.70. The zero-order valence-electron chi connectivity index (χ0n) is 19.4. The third-order valence-corrected chi connectivity index (χ3v) is 8.54. The number of carbonyl (C=O) groups is 1. The molecule has 0 saturated carbocycles. The first-order chi connectivity index (χ1) is 16.3. The number of nitrogens with zero attached hydrogens (tertiary/aromatic N) is 3. The van der Waals surface area contributed by atoms with Crippen LogP contribution in [0, 0.1) is 0 Å². The van der Waals surface area contributed by atoms with Gasteiger partial charge in [-0.05, 0) is 59.8 Å². The third-order valence-electron chi connectivity index (χ3n) is 5.74. The molecule has 0 aliphatic rings. The first kappa shape index (κ1) is 24.1. The van der Waals surface area contributed by atoms with Crippen LogP contribution in [-0.4, -0.2) is 42.3 Å². The van der Waals surface area contributed by atoms with Crippen LogP contribution < -0.4 is 5.32 Å². The monoisotopic (exact) mass is 496 g/mol. The van der Waals surface area contributed by atoms with Crippen LogP contribution in [0.5, 0.6) is 0 Å². The minimum Gasteiger partial charge on any atom is -0.343 e. The van der Waals surface area contributed by atoms with Crippen molar-refractivity contribution in [1.82, 2.24) is 19.2 Å². The van der Waals surface area contributed by atoms with E-state index in [2.05, 4.69) is 17.2 Å². The Morgan fingerprint density at radius 3 is 2.56 bits per heavy atom. The molecule has 4 rings (SSSR count). The minimum atomic E-state index is -3.59. The van der Waals surface area contributed by atoms with Crippen LogP contribution in [0.15, 0.2) is 71.2 Å². The second kappa shape index (κ2) is 10.1. The minimum absolute atomic E-state index is 0.0745. The number of amides is 1. The largest absolute Gasteiger partial charge is 0.343 e. The maximum absolute atomic E-state index is 13.5. The molecule has 1 amide bonds. The van der Waals surface area contributed by atoms with Crippen LogP contribution in [-0.2, 0) is 16.6 Å². The Morgan fingerprint density at radius 1 is 1.15 bits per heavy atom. The number of nitrogens with one attached hydrogen (secondary N) is 1. The lowest BCUT2D eigenvalue weighted by molar-refractivity contribution is 0.0926. The Bertz CT molecular complexity index is 1380. The van der Waals surface area contributed by atoms with Gasteiger partial charge in [0, 0.05) is 48.8 Å². The molecule has 0 radical (unpaired) electrons. The quantitative estimate of drug-likeness (QED) is 0.365. The second-order valence-corrected chi connectivity index (χ2v) is 11.4. The predicted octanol–water partition coefficient (Wildman–Crippen LogP) is 4.67. The molecule has 0 unspecified atom stereocenters. The fourth-order valence-electron chi connectivity index (χ4n) is 3.95. The standard InChI is InChI=1S/C25H28N4O3S2/c1-4-6-21(24-7-5-14-33-24)27-25(30)23-16-19-15-20(34(31,32)28(2)3)8-9-22(19)29(23)17-18-10-12-26-13-11-18/h5,7-16,21H,4,6,17H2,1-3H3,(H,27,30)/t21-/m1/s1. The Kier molecular flexibility index (Phi) is 7.16. The molecular weight excluding hydrogens is 468 g/mol. The zero-order chi connectivity index (χ0) is 24.3. The summed E-state index contributed by atoms with van der Waals surface area (Å²) in [4.78, 5) is 18.9. The Morgan fingerprint density at radius 2 is 1.91 bits per heavy atom. The van der Waals surface area contributed by atoms with Gasteiger partial charge in [0.15, 0.2) is 0 Å². The third kappa shape index (κ3) is 4.91. The van der Waals surface area contributed by atoms with Crippen molar-refractivity contribution in [3.8, 4) is 0 Å². The van der Waals surface area contributed by atoms with Crippen molar-refractivity contribution in [2.45, 2.75) is 37.2 Å². The van der Waals surface area contributed by atoms with E-state index in [4.69, 9.17) is 0 Å². The van der Waals surface area contributed by atoms with Crippen LogP contribution in [0.4, 0.5) is 0 Å². The van der Waals surface area contributed by atoms with Crippen LogP contribution in [0.25, 0.3) is 10.9 Å². The molecule has 0 aliphatic heterocycles. The lowest BCUT2D eigenvalue weighted by atomic mass is 10.1. The van der Waals surface area contributed by atoms with Gasteiger partial charge in [-0.25, -0.2) is 12.7 Å². The molecule has 0 bridgehead atoms. The lowest BCUT2D eigenvalue weighted by Crippen LogP contribution is -2.30. The van der Waals surface area contributed by atoms with E-state index in [0.29, 0.717) is 17.6 Å². The summed E-state index contributed by atoms with van der Waals surface area (Å²) in [6, 6.07) is 14.5. The van der Waals surface area contributed by atoms with Crippen molar-refractivity contribution < 1.29 is 13.2 Å². The van der Waals surface area contributed by atoms with Crippen LogP contribution in [0.2, 0.25) is 0 Å². The number of hydrogen-bond acceptors (Lipinski definition) is 5. The molecule has 3 heterocycles. The van der Waals surface area contributed by atoms with Crippen LogP contribution in [0.3, 0.4) is 0 Å². The number of hydrogen-bond donors (Lipinski definition) is 1. The summed E-state index contributed by atoms with van der Waals surface area (Å²) < 4.78 is 28.5. The first-order valence-electron chi connectivity index (χ1n) is 11.1. The van der Waals surface area contributed by atoms with Gasteiger partial charge in [0.1, 0.15) is 5.69 Å². The summed E-state index contributed by atoms with van der Waals surface area (Å²) in [5, 5.41) is 5.91. The molecule has 0 saturated heterocycles. The summed E-state index contributed by atoms with van der Waals surface area (Å²) in [6.07, 6.45) is 5.21. The van der Waals surface area contributed by atoms with Gasteiger partial charge in [-0.2, -0.15) is 0 Å². The number of thiophene rings is 1. The molecule has 0 fully saturated rings. The summed E-state index contributed by atoms with van der Waals surface area (Å²) in [5.74, 6) is -0.186. The van der Waals surface area contributed by atoms with Gasteiger partial charge in [-0.3, -0.25) is 9.78 Å². The number of benzene rings is 1. The number of rotatable bonds is 9. The van der Waals surface area contributed by atoms with E-state index in [1.807, 2.05) is 34.2 Å². The molecule has 4 aromatic rings. The van der Waals surface area contributed by atoms with Crippen molar-refractivity contribution in [2.24, 2.45) is 0 Å². The highest BCUT2D eigenvalue weighted by molar-refractivity contribution is 7.89. The fraction of sp³-hybridized carbons (Fsp3) is 0.280. The van der Waals surface area contributed by atoms with E-state index in [0.717, 1.165) is 28.8 Å². The summed E-state index contributed by atoms with van der Waals surface area (Å²) in [5.41, 5.74) is 2.28. The van der Waals surface area contributed by atoms with Gasteiger partial charge in [0.25, 0.3) is 5.91 Å². The van der Waals surface area contributed by atoms with Crippen molar-refractivity contribution in [2.75, 3.05) is 14.1 Å². The molecular formula is C25H28N4O3S2. The van der Waals surface area contributed by atoms with E-state index in [1.54, 1.807) is 48.0 Å². The Hall–Kier alpha value is -3.01. The van der Waals surface area contributed by atoms with Crippen molar-refractivity contribution in [3.63, 3.8) is 0 Å². The Labute approximate surface area is 204 Å². The number of sulfonamides is 1. The average Bonchev–Trinajstić information content (AvgIpc) is 3.48. The number of aromatic nitrogens is 2. The molecule has 1 atom stereocenters. The molecule has 178 valence electrons. The van der Waals surface area contributed by atoms with Gasteiger partial charge >= 0.3 is 0 Å². The summed E-state index contributed by atoms with van der Waals surface area (Å²) >= 11 is 1.63. The summed E-state index contributed by atoms with van der Waals surface area (Å²) in [7, 11) is -0.580. The van der Waals surface area contributed by atoms with Gasteiger partial charge in [-0.1, -0.05) is 19.4 Å². The normalized spacial score (nSPS) is 12.8. The van der Waals surface area contributed by atoms with Crippen molar-refractivity contribution >= 4 is 38.2 Å². The lowest BCUT2D eigenvalue weighted by Gasteiger charge is -2.18. The topological polar surface area (TPSA) is 84.3 Å². The molecule has 1 N–H and O–H groups in total. The average molecular weight is 497 g/mol. The van der Waals surface area contributed by atoms with Crippen LogP contribution in [0.1, 0.15) is 46.7 Å². The number of pyridine rings is 1. The Balaban J connectivity index is 1.78. The molecule has 3 aromatic heterocycles. The molecule has 34 heavy (non-hydrogen) atoms. The van der Waals surface area contributed by atoms with Gasteiger partial charge in [-0.15, -0.1) is 11.3 Å². The van der Waals surface area contributed by atoms with Gasteiger partial charge in [0.2, 0.25) is 10.0 Å². The van der Waals surface area contributed by atoms with E-state index < -0.39 is 10.0 Å². The second-order valence-electron chi connectivity index (χ2n) is 8.31. The highest BCUT2D eigenvalue weighted by Crippen LogP contribution is 2.28. The molecule has 9 heteroatoms. The number of carbonyl (C=O) groups excluding carboxylic acids is 1. The molecule has 0 aliphatic carbocycles. The van der Waals surface area contributed by atoms with Crippen molar-refractivity contribution in [3.05, 3.63) is 82.4 Å². The summed E-state index contributed by atoms with van der Waals surface area (Å²) in [6.45, 7) is 2.56. The smallest absolute Gasteiger partial charge is 0.268 e. The maximum Gasteiger partial charge on any atom is 0.268 e. The SMILES string of the molecule is CCC[C@@H](NC(=O)c1cc2cc(S(=O)(=O)N(C)C)ccc2n1Cc1ccncc1)c1cccs1. The molecule has 1 aromatic carbocycles. The van der Waals surface area contributed by atoms with Gasteiger partial charge in [0.05, 0.1) is 10.9 Å². The van der Waals surface area contributed by atoms with E-state index in [9.17, 15) is 13.2 Å². The van der Waals surface area contributed by atoms with E-state index in [1.165, 1.54) is 18.4 Å².